The molecular formula is C24H26FN7O. The number of piperazine rings is 1. The van der Waals surface area contributed by atoms with Gasteiger partial charge in [-0.15, -0.1) is 0 Å². The Morgan fingerprint density at radius 1 is 1.12 bits per heavy atom. The van der Waals surface area contributed by atoms with E-state index in [9.17, 15) is 9.18 Å². The number of aromatic nitrogens is 4. The zero-order chi connectivity index (χ0) is 23.3. The molecule has 4 aromatic rings. The number of rotatable bonds is 3. The second-order valence-corrected chi connectivity index (χ2v) is 8.81. The summed E-state index contributed by atoms with van der Waals surface area (Å²) in [5.41, 5.74) is 3.99. The topological polar surface area (TPSA) is 88.0 Å². The molecule has 5 rings (SSSR count). The van der Waals surface area contributed by atoms with Gasteiger partial charge in [0.1, 0.15) is 16.6 Å². The molecule has 0 bridgehead atoms. The first kappa shape index (κ1) is 21.3. The number of aryl methyl sites for hydroxylation is 2. The van der Waals surface area contributed by atoms with Crippen molar-refractivity contribution in [1.29, 1.82) is 0 Å². The van der Waals surface area contributed by atoms with Gasteiger partial charge >= 0.3 is 0 Å². The molecule has 2 aromatic carbocycles. The van der Waals surface area contributed by atoms with Crippen molar-refractivity contribution in [1.82, 2.24) is 25.1 Å². The van der Waals surface area contributed by atoms with E-state index in [4.69, 9.17) is 0 Å². The molecule has 33 heavy (non-hydrogen) atoms. The fourth-order valence-electron chi connectivity index (χ4n) is 4.71. The molecule has 0 saturated carbocycles. The first-order valence-corrected chi connectivity index (χ1v) is 11.0. The summed E-state index contributed by atoms with van der Waals surface area (Å²) in [6.45, 7) is 7.82. The fourth-order valence-corrected chi connectivity index (χ4v) is 4.71. The number of carbonyl (C=O) groups excluding carboxylic acids is 1. The standard InChI is InChI=1S/C24H26FN7O/c1-13-10-32(11-14(2)28-13)20-6-5-16(22-23(20)27-8-7-26-22)24(33)29-19-9-18(25)21-17(15(19)3)12-31(4)30-21/h5-9,12-14,28H,10-11H2,1-4H3,(H,29,33)/t13-,14-/m0/s1. The van der Waals surface area contributed by atoms with Gasteiger partial charge in [-0.1, -0.05) is 0 Å². The minimum atomic E-state index is -0.478. The summed E-state index contributed by atoms with van der Waals surface area (Å²) in [5, 5.41) is 11.2. The van der Waals surface area contributed by atoms with Gasteiger partial charge in [0.15, 0.2) is 5.82 Å². The van der Waals surface area contributed by atoms with Crippen LogP contribution in [0.15, 0.2) is 36.8 Å². The van der Waals surface area contributed by atoms with Crippen molar-refractivity contribution in [2.24, 2.45) is 7.05 Å². The highest BCUT2D eigenvalue weighted by Gasteiger charge is 2.25. The Balaban J connectivity index is 1.53. The molecule has 1 aliphatic heterocycles. The Kier molecular flexibility index (Phi) is 5.20. The van der Waals surface area contributed by atoms with Crippen molar-refractivity contribution < 1.29 is 9.18 Å². The maximum Gasteiger partial charge on any atom is 0.257 e. The smallest absolute Gasteiger partial charge is 0.257 e. The van der Waals surface area contributed by atoms with Gasteiger partial charge in [-0.25, -0.2) is 4.39 Å². The van der Waals surface area contributed by atoms with Crippen LogP contribution in [0.25, 0.3) is 21.9 Å². The number of nitrogens with one attached hydrogen (secondary N) is 2. The van der Waals surface area contributed by atoms with Gasteiger partial charge in [0.05, 0.1) is 11.3 Å². The fraction of sp³-hybridized carbons (Fsp3) is 0.333. The third kappa shape index (κ3) is 3.78. The van der Waals surface area contributed by atoms with E-state index < -0.39 is 5.82 Å². The Morgan fingerprint density at radius 3 is 2.55 bits per heavy atom. The Hall–Kier alpha value is -3.59. The lowest BCUT2D eigenvalue weighted by Gasteiger charge is -2.38. The molecule has 8 nitrogen and oxygen atoms in total. The van der Waals surface area contributed by atoms with Crippen LogP contribution in [0.3, 0.4) is 0 Å². The molecule has 0 radical (unpaired) electrons. The SMILES string of the molecule is Cc1c(NC(=O)c2ccc(N3C[C@H](C)N[C@@H](C)C3)c3nccnc23)cc(F)c2nn(C)cc12. The number of hydrogen-bond donors (Lipinski definition) is 2. The van der Waals surface area contributed by atoms with E-state index in [0.29, 0.717) is 39.8 Å². The summed E-state index contributed by atoms with van der Waals surface area (Å²) < 4.78 is 16.2. The van der Waals surface area contributed by atoms with Crippen molar-refractivity contribution in [3.63, 3.8) is 0 Å². The minimum Gasteiger partial charge on any atom is -0.367 e. The number of benzene rings is 2. The summed E-state index contributed by atoms with van der Waals surface area (Å²) in [6.07, 6.45) is 4.96. The van der Waals surface area contributed by atoms with E-state index in [2.05, 4.69) is 44.4 Å². The highest BCUT2D eigenvalue weighted by molar-refractivity contribution is 6.13. The number of nitrogens with zero attached hydrogens (tertiary/aromatic N) is 5. The van der Waals surface area contributed by atoms with E-state index >= 15 is 0 Å². The molecule has 9 heteroatoms. The third-order valence-electron chi connectivity index (χ3n) is 6.13. The van der Waals surface area contributed by atoms with E-state index in [-0.39, 0.29) is 11.4 Å². The van der Waals surface area contributed by atoms with Gasteiger partial charge in [-0.3, -0.25) is 19.4 Å². The van der Waals surface area contributed by atoms with E-state index in [1.807, 2.05) is 13.0 Å². The molecular weight excluding hydrogens is 421 g/mol. The number of anilines is 2. The molecule has 2 atom stereocenters. The van der Waals surface area contributed by atoms with Crippen molar-refractivity contribution in [2.45, 2.75) is 32.9 Å². The number of carbonyl (C=O) groups is 1. The first-order valence-electron chi connectivity index (χ1n) is 11.0. The molecule has 2 aromatic heterocycles. The van der Waals surface area contributed by atoms with Crippen LogP contribution >= 0.6 is 0 Å². The molecule has 1 fully saturated rings. The van der Waals surface area contributed by atoms with Crippen molar-refractivity contribution in [3.8, 4) is 0 Å². The Bertz CT molecular complexity index is 1370. The average Bonchev–Trinajstić information content (AvgIpc) is 3.18. The summed E-state index contributed by atoms with van der Waals surface area (Å²) in [5.74, 6) is -0.840. The molecule has 1 aliphatic rings. The maximum atomic E-state index is 14.6. The van der Waals surface area contributed by atoms with Gasteiger partial charge in [-0.05, 0) is 38.5 Å². The van der Waals surface area contributed by atoms with Crippen LogP contribution < -0.4 is 15.5 Å². The highest BCUT2D eigenvalue weighted by atomic mass is 19.1. The third-order valence-corrected chi connectivity index (χ3v) is 6.13. The summed E-state index contributed by atoms with van der Waals surface area (Å²) in [6, 6.07) is 5.68. The zero-order valence-corrected chi connectivity index (χ0v) is 19.1. The van der Waals surface area contributed by atoms with Gasteiger partial charge in [0, 0.05) is 68.0 Å². The lowest BCUT2D eigenvalue weighted by atomic mass is 10.1. The van der Waals surface area contributed by atoms with Gasteiger partial charge < -0.3 is 15.5 Å². The number of fused-ring (bicyclic) bond motifs is 2. The molecule has 3 heterocycles. The van der Waals surface area contributed by atoms with Crippen molar-refractivity contribution >= 4 is 39.2 Å². The van der Waals surface area contributed by atoms with Crippen LogP contribution in [-0.4, -0.2) is 50.8 Å². The molecule has 1 amide bonds. The lowest BCUT2D eigenvalue weighted by Crippen LogP contribution is -2.54. The van der Waals surface area contributed by atoms with E-state index in [0.717, 1.165) is 24.3 Å². The van der Waals surface area contributed by atoms with Crippen LogP contribution in [0, 0.1) is 12.7 Å². The van der Waals surface area contributed by atoms with Crippen molar-refractivity contribution in [2.75, 3.05) is 23.3 Å². The molecule has 1 saturated heterocycles. The summed E-state index contributed by atoms with van der Waals surface area (Å²) in [4.78, 5) is 24.6. The van der Waals surface area contributed by atoms with Gasteiger partial charge in [-0.2, -0.15) is 5.10 Å². The second-order valence-electron chi connectivity index (χ2n) is 8.81. The van der Waals surface area contributed by atoms with E-state index in [1.165, 1.54) is 6.07 Å². The monoisotopic (exact) mass is 447 g/mol. The quantitative estimate of drug-likeness (QED) is 0.501. The predicted molar refractivity (Wildman–Crippen MR) is 127 cm³/mol. The van der Waals surface area contributed by atoms with Crippen LogP contribution in [0.5, 0.6) is 0 Å². The van der Waals surface area contributed by atoms with Crippen LogP contribution in [-0.2, 0) is 7.05 Å². The normalized spacial score (nSPS) is 18.8. The largest absolute Gasteiger partial charge is 0.367 e. The van der Waals surface area contributed by atoms with Gasteiger partial charge in [0.2, 0.25) is 0 Å². The highest BCUT2D eigenvalue weighted by Crippen LogP contribution is 2.31. The van der Waals surface area contributed by atoms with Crippen LogP contribution in [0.1, 0.15) is 29.8 Å². The molecule has 2 N–H and O–H groups in total. The average molecular weight is 448 g/mol. The number of halogens is 1. The van der Waals surface area contributed by atoms with Crippen LogP contribution in [0.2, 0.25) is 0 Å². The summed E-state index contributed by atoms with van der Waals surface area (Å²) in [7, 11) is 1.74. The lowest BCUT2D eigenvalue weighted by molar-refractivity contribution is 0.102. The Morgan fingerprint density at radius 2 is 1.82 bits per heavy atom. The van der Waals surface area contributed by atoms with Gasteiger partial charge in [0.25, 0.3) is 5.91 Å². The molecule has 0 unspecified atom stereocenters. The molecule has 0 aliphatic carbocycles. The zero-order valence-electron chi connectivity index (χ0n) is 19.1. The first-order chi connectivity index (χ1) is 15.8. The predicted octanol–water partition coefficient (Wildman–Crippen LogP) is 3.40. The van der Waals surface area contributed by atoms with Crippen molar-refractivity contribution in [3.05, 3.63) is 53.7 Å². The maximum absolute atomic E-state index is 14.6. The minimum absolute atomic E-state index is 0.285. The molecule has 0 spiro atoms. The number of amides is 1. The Labute approximate surface area is 190 Å². The van der Waals surface area contributed by atoms with E-state index in [1.54, 1.807) is 36.4 Å². The second kappa shape index (κ2) is 8.08. The summed E-state index contributed by atoms with van der Waals surface area (Å²) >= 11 is 0. The molecule has 170 valence electrons. The number of hydrogen-bond acceptors (Lipinski definition) is 6. The van der Waals surface area contributed by atoms with Crippen LogP contribution in [0.4, 0.5) is 15.8 Å².